The summed E-state index contributed by atoms with van der Waals surface area (Å²) in [6, 6.07) is 16.2. The first kappa shape index (κ1) is 26.8. The number of nitrogens with one attached hydrogen (secondary N) is 1. The van der Waals surface area contributed by atoms with Crippen molar-refractivity contribution in [2.24, 2.45) is 0 Å². The first-order valence-corrected chi connectivity index (χ1v) is 13.0. The third kappa shape index (κ3) is 5.23. The van der Waals surface area contributed by atoms with E-state index >= 15 is 0 Å². The van der Waals surface area contributed by atoms with Crippen LogP contribution in [-0.2, 0) is 16.2 Å². The first-order chi connectivity index (χ1) is 19.0. The predicted molar refractivity (Wildman–Crippen MR) is 139 cm³/mol. The number of aromatic nitrogens is 3. The second-order valence-corrected chi connectivity index (χ2v) is 10.2. The van der Waals surface area contributed by atoms with Gasteiger partial charge >= 0.3 is 6.18 Å². The van der Waals surface area contributed by atoms with Crippen molar-refractivity contribution in [1.29, 1.82) is 0 Å². The Kier molecular flexibility index (Phi) is 6.75. The van der Waals surface area contributed by atoms with Gasteiger partial charge in [0.05, 0.1) is 41.2 Å². The van der Waals surface area contributed by atoms with Crippen molar-refractivity contribution in [3.8, 4) is 22.6 Å². The molecule has 0 fully saturated rings. The van der Waals surface area contributed by atoms with Gasteiger partial charge in [-0.25, -0.2) is 27.5 Å². The van der Waals surface area contributed by atoms with Crippen molar-refractivity contribution in [3.63, 3.8) is 0 Å². The fraction of sp³-hybridized carbons (Fsp3) is 0.0741. The summed E-state index contributed by atoms with van der Waals surface area (Å²) in [7, 11) is -2.80. The molecule has 2 aromatic heterocycles. The van der Waals surface area contributed by atoms with Crippen LogP contribution in [0.15, 0.2) is 94.9 Å². The van der Waals surface area contributed by atoms with Gasteiger partial charge in [-0.1, -0.05) is 18.2 Å². The zero-order valence-corrected chi connectivity index (χ0v) is 21.3. The van der Waals surface area contributed by atoms with Crippen molar-refractivity contribution in [3.05, 3.63) is 107 Å². The zero-order valence-electron chi connectivity index (χ0n) is 20.5. The van der Waals surface area contributed by atoms with E-state index in [4.69, 9.17) is 4.74 Å². The lowest BCUT2D eigenvalue weighted by atomic mass is 10.0. The van der Waals surface area contributed by atoms with Crippen LogP contribution in [0.5, 0.6) is 5.75 Å². The summed E-state index contributed by atoms with van der Waals surface area (Å²) >= 11 is 0. The van der Waals surface area contributed by atoms with Crippen LogP contribution in [0.3, 0.4) is 0 Å². The molecule has 0 bridgehead atoms. The largest absolute Gasteiger partial charge is 0.495 e. The molecule has 0 radical (unpaired) electrons. The zero-order chi connectivity index (χ0) is 28.7. The lowest BCUT2D eigenvalue weighted by Crippen LogP contribution is -2.19. The van der Waals surface area contributed by atoms with Crippen LogP contribution in [0.25, 0.3) is 27.7 Å². The average molecular weight is 571 g/mol. The number of ether oxygens (including phenoxy) is 1. The van der Waals surface area contributed by atoms with Crippen molar-refractivity contribution >= 4 is 26.9 Å². The molecule has 0 atom stereocenters. The maximum absolute atomic E-state index is 13.2. The summed E-state index contributed by atoms with van der Waals surface area (Å²) in [4.78, 5) is 20.0. The van der Waals surface area contributed by atoms with Crippen molar-refractivity contribution < 1.29 is 30.7 Å². The molecular weight excluding hydrogens is 552 g/mol. The number of sulfonamides is 1. The number of halogens is 4. The van der Waals surface area contributed by atoms with Gasteiger partial charge < -0.3 is 4.74 Å². The van der Waals surface area contributed by atoms with Crippen LogP contribution in [0.2, 0.25) is 0 Å². The highest BCUT2D eigenvalue weighted by molar-refractivity contribution is 7.92. The summed E-state index contributed by atoms with van der Waals surface area (Å²) in [5.41, 5.74) is 0.118. The monoisotopic (exact) mass is 570 g/mol. The molecule has 5 aromatic rings. The van der Waals surface area contributed by atoms with E-state index in [0.29, 0.717) is 27.7 Å². The van der Waals surface area contributed by atoms with Gasteiger partial charge in [-0.15, -0.1) is 0 Å². The second kappa shape index (κ2) is 10.1. The maximum Gasteiger partial charge on any atom is 0.416 e. The second-order valence-electron chi connectivity index (χ2n) is 8.52. The first-order valence-electron chi connectivity index (χ1n) is 11.5. The van der Waals surface area contributed by atoms with Crippen molar-refractivity contribution in [2.75, 3.05) is 11.8 Å². The highest BCUT2D eigenvalue weighted by Gasteiger charge is 2.30. The summed E-state index contributed by atoms with van der Waals surface area (Å²) < 4.78 is 87.4. The van der Waals surface area contributed by atoms with Crippen LogP contribution in [0, 0.1) is 5.82 Å². The number of alkyl halides is 3. The fourth-order valence-corrected chi connectivity index (χ4v) is 5.09. The molecule has 3 aromatic carbocycles. The molecular formula is C27H18F4N4O4S. The van der Waals surface area contributed by atoms with Crippen molar-refractivity contribution in [1.82, 2.24) is 14.5 Å². The third-order valence-electron chi connectivity index (χ3n) is 5.97. The Hall–Kier alpha value is -4.78. The van der Waals surface area contributed by atoms with E-state index in [1.165, 1.54) is 66.3 Å². The number of benzene rings is 3. The third-order valence-corrected chi connectivity index (χ3v) is 7.29. The molecule has 2 heterocycles. The number of methoxy groups -OCH3 is 1. The Morgan fingerprint density at radius 3 is 2.33 bits per heavy atom. The maximum atomic E-state index is 13.2. The highest BCUT2D eigenvalue weighted by Crippen LogP contribution is 2.35. The minimum Gasteiger partial charge on any atom is -0.495 e. The molecule has 13 heteroatoms. The molecule has 0 unspecified atom stereocenters. The summed E-state index contributed by atoms with van der Waals surface area (Å²) in [5, 5.41) is 0.381. The summed E-state index contributed by atoms with van der Waals surface area (Å²) in [5.74, 6) is -0.849. The van der Waals surface area contributed by atoms with Gasteiger partial charge in [0.2, 0.25) is 5.95 Å². The average Bonchev–Trinajstić information content (AvgIpc) is 2.93. The quantitative estimate of drug-likeness (QED) is 0.274. The minimum absolute atomic E-state index is 0.162. The van der Waals surface area contributed by atoms with E-state index in [1.54, 1.807) is 6.07 Å². The Labute approximate surface area is 224 Å². The molecule has 0 aliphatic heterocycles. The van der Waals surface area contributed by atoms with E-state index < -0.39 is 33.1 Å². The van der Waals surface area contributed by atoms with Crippen LogP contribution >= 0.6 is 0 Å². The van der Waals surface area contributed by atoms with Crippen LogP contribution < -0.4 is 15.0 Å². The van der Waals surface area contributed by atoms with Crippen LogP contribution in [0.4, 0.5) is 23.5 Å². The minimum atomic E-state index is -4.51. The van der Waals surface area contributed by atoms with Gasteiger partial charge in [-0.05, 0) is 59.7 Å². The van der Waals surface area contributed by atoms with E-state index in [9.17, 15) is 30.8 Å². The predicted octanol–water partition coefficient (Wildman–Crippen LogP) is 5.42. The van der Waals surface area contributed by atoms with E-state index in [0.717, 1.165) is 24.5 Å². The number of rotatable bonds is 6. The standard InChI is InChI=1S/C27H18F4N4O4S/c1-39-24-13-17(16-3-2-4-19(11-16)27(29,30)31)5-8-23(24)35-22-9-7-21(12-18(22)6-10-25(35)36)40(37,38)34-26-32-14-20(28)15-33-26/h2-15H,1H3,(H,32,33,34). The molecule has 204 valence electrons. The van der Waals surface area contributed by atoms with Gasteiger partial charge in [0.1, 0.15) is 5.75 Å². The van der Waals surface area contributed by atoms with Gasteiger partial charge in [0.25, 0.3) is 15.6 Å². The Morgan fingerprint density at radius 1 is 0.900 bits per heavy atom. The smallest absolute Gasteiger partial charge is 0.416 e. The molecule has 0 aliphatic carbocycles. The highest BCUT2D eigenvalue weighted by atomic mass is 32.2. The molecule has 0 spiro atoms. The number of hydrogen-bond donors (Lipinski definition) is 1. The molecule has 5 rings (SSSR count). The fourth-order valence-electron chi connectivity index (χ4n) is 4.10. The lowest BCUT2D eigenvalue weighted by molar-refractivity contribution is -0.137. The molecule has 0 saturated carbocycles. The molecule has 1 N–H and O–H groups in total. The van der Waals surface area contributed by atoms with Gasteiger partial charge in [0, 0.05) is 11.5 Å². The van der Waals surface area contributed by atoms with Gasteiger partial charge in [-0.3, -0.25) is 9.36 Å². The molecule has 0 saturated heterocycles. The van der Waals surface area contributed by atoms with Crippen LogP contribution in [-0.4, -0.2) is 30.1 Å². The number of hydrogen-bond acceptors (Lipinski definition) is 6. The van der Waals surface area contributed by atoms with Gasteiger partial charge in [0.15, 0.2) is 5.82 Å². The van der Waals surface area contributed by atoms with E-state index in [1.807, 2.05) is 0 Å². The SMILES string of the molecule is COc1cc(-c2cccc(C(F)(F)F)c2)ccc1-n1c(=O)ccc2cc(S(=O)(=O)Nc3ncc(F)cn3)ccc21. The lowest BCUT2D eigenvalue weighted by Gasteiger charge is -2.16. The Bertz CT molecular complexity index is 1910. The Balaban J connectivity index is 1.57. The Morgan fingerprint density at radius 2 is 1.62 bits per heavy atom. The molecule has 0 amide bonds. The number of pyridine rings is 1. The molecule has 8 nitrogen and oxygen atoms in total. The molecule has 0 aliphatic rings. The number of anilines is 1. The number of nitrogens with zero attached hydrogens (tertiary/aromatic N) is 3. The summed E-state index contributed by atoms with van der Waals surface area (Å²) in [6.45, 7) is 0. The topological polar surface area (TPSA) is 103 Å². The summed E-state index contributed by atoms with van der Waals surface area (Å²) in [6.07, 6.45) is -2.88. The van der Waals surface area contributed by atoms with Gasteiger partial charge in [-0.2, -0.15) is 13.2 Å². The normalized spacial score (nSPS) is 11.9. The van der Waals surface area contributed by atoms with Crippen molar-refractivity contribution in [2.45, 2.75) is 11.1 Å². The molecule has 40 heavy (non-hydrogen) atoms. The number of fused-ring (bicyclic) bond motifs is 1. The van der Waals surface area contributed by atoms with E-state index in [2.05, 4.69) is 14.7 Å². The van der Waals surface area contributed by atoms with E-state index in [-0.39, 0.29) is 16.6 Å². The van der Waals surface area contributed by atoms with Crippen LogP contribution in [0.1, 0.15) is 5.56 Å².